The number of hydrogen-bond acceptors (Lipinski definition) is 3. The van der Waals surface area contributed by atoms with Crippen molar-refractivity contribution in [1.82, 2.24) is 10.2 Å². The van der Waals surface area contributed by atoms with E-state index in [2.05, 4.69) is 17.1 Å². The van der Waals surface area contributed by atoms with Gasteiger partial charge in [-0.2, -0.15) is 0 Å². The molecule has 84 valence electrons. The third kappa shape index (κ3) is 3.23. The molecule has 1 rings (SSSR count). The Kier molecular flexibility index (Phi) is 4.85. The Morgan fingerprint density at radius 3 is 2.79 bits per heavy atom. The van der Waals surface area contributed by atoms with E-state index in [-0.39, 0.29) is 6.10 Å². The third-order valence-electron chi connectivity index (χ3n) is 3.32. The first-order chi connectivity index (χ1) is 6.65. The van der Waals surface area contributed by atoms with Crippen LogP contribution in [0.2, 0.25) is 0 Å². The fraction of sp³-hybridized carbons (Fsp3) is 1.00. The minimum atomic E-state index is -0.219. The van der Waals surface area contributed by atoms with E-state index >= 15 is 0 Å². The van der Waals surface area contributed by atoms with E-state index in [4.69, 9.17) is 0 Å². The van der Waals surface area contributed by atoms with Crippen LogP contribution in [-0.4, -0.2) is 48.8 Å². The van der Waals surface area contributed by atoms with Gasteiger partial charge in [-0.3, -0.25) is 4.90 Å². The van der Waals surface area contributed by atoms with Gasteiger partial charge in [0.2, 0.25) is 0 Å². The highest BCUT2D eigenvalue weighted by Crippen LogP contribution is 2.18. The van der Waals surface area contributed by atoms with Gasteiger partial charge in [0.05, 0.1) is 6.10 Å². The van der Waals surface area contributed by atoms with Crippen LogP contribution in [0.4, 0.5) is 0 Å². The quantitative estimate of drug-likeness (QED) is 0.701. The summed E-state index contributed by atoms with van der Waals surface area (Å²) in [5.41, 5.74) is 0. The molecule has 0 aromatic heterocycles. The maximum Gasteiger partial charge on any atom is 0.0664 e. The fourth-order valence-electron chi connectivity index (χ4n) is 2.23. The molecule has 3 unspecified atom stereocenters. The van der Waals surface area contributed by atoms with Crippen LogP contribution in [0, 0.1) is 5.92 Å². The van der Waals surface area contributed by atoms with Gasteiger partial charge in [-0.05, 0) is 52.7 Å². The molecule has 1 saturated heterocycles. The molecule has 0 aromatic rings. The Balaban J connectivity index is 2.39. The van der Waals surface area contributed by atoms with Crippen molar-refractivity contribution in [1.29, 1.82) is 0 Å². The summed E-state index contributed by atoms with van der Waals surface area (Å²) in [4.78, 5) is 2.41. The van der Waals surface area contributed by atoms with E-state index in [1.165, 1.54) is 12.8 Å². The summed E-state index contributed by atoms with van der Waals surface area (Å²) >= 11 is 0. The number of aliphatic hydroxyl groups excluding tert-OH is 1. The van der Waals surface area contributed by atoms with Crippen LogP contribution in [0.3, 0.4) is 0 Å². The molecule has 0 aliphatic carbocycles. The van der Waals surface area contributed by atoms with Gasteiger partial charge in [-0.15, -0.1) is 0 Å². The first kappa shape index (κ1) is 12.0. The molecule has 0 radical (unpaired) electrons. The molecule has 1 aliphatic heterocycles. The Bertz CT molecular complexity index is 159. The van der Waals surface area contributed by atoms with E-state index in [9.17, 15) is 5.11 Å². The molecular formula is C11H24N2O. The van der Waals surface area contributed by atoms with Crippen molar-refractivity contribution in [3.63, 3.8) is 0 Å². The van der Waals surface area contributed by atoms with Crippen molar-refractivity contribution in [3.05, 3.63) is 0 Å². The smallest absolute Gasteiger partial charge is 0.0664 e. The molecule has 3 heteroatoms. The third-order valence-corrected chi connectivity index (χ3v) is 3.32. The molecule has 14 heavy (non-hydrogen) atoms. The van der Waals surface area contributed by atoms with Crippen molar-refractivity contribution in [2.24, 2.45) is 5.92 Å². The Morgan fingerprint density at radius 1 is 1.50 bits per heavy atom. The van der Waals surface area contributed by atoms with Gasteiger partial charge in [-0.1, -0.05) is 0 Å². The summed E-state index contributed by atoms with van der Waals surface area (Å²) in [5, 5.41) is 12.8. The summed E-state index contributed by atoms with van der Waals surface area (Å²) in [6, 6.07) is 0.301. The zero-order valence-electron chi connectivity index (χ0n) is 9.66. The Hall–Kier alpha value is -0.120. The number of likely N-dealkylation sites (tertiary alicyclic amines) is 1. The number of nitrogens with one attached hydrogen (secondary N) is 1. The van der Waals surface area contributed by atoms with Gasteiger partial charge >= 0.3 is 0 Å². The van der Waals surface area contributed by atoms with Crippen LogP contribution in [0.1, 0.15) is 26.7 Å². The lowest BCUT2D eigenvalue weighted by molar-refractivity contribution is 0.0435. The first-order valence-corrected chi connectivity index (χ1v) is 5.72. The van der Waals surface area contributed by atoms with Gasteiger partial charge < -0.3 is 10.4 Å². The highest BCUT2D eigenvalue weighted by molar-refractivity contribution is 4.80. The van der Waals surface area contributed by atoms with E-state index in [1.807, 2.05) is 14.0 Å². The summed E-state index contributed by atoms with van der Waals surface area (Å²) in [5.74, 6) is 0.759. The average molecular weight is 200 g/mol. The second-order valence-corrected chi connectivity index (χ2v) is 4.54. The number of aliphatic hydroxyl groups is 1. The highest BCUT2D eigenvalue weighted by Gasteiger charge is 2.24. The molecule has 0 aromatic carbocycles. The zero-order valence-corrected chi connectivity index (χ0v) is 9.66. The van der Waals surface area contributed by atoms with Crippen LogP contribution < -0.4 is 5.32 Å². The molecular weight excluding hydrogens is 176 g/mol. The Labute approximate surface area is 87.5 Å². The average Bonchev–Trinajstić information content (AvgIpc) is 2.17. The maximum absolute atomic E-state index is 9.53. The van der Waals surface area contributed by atoms with Crippen LogP contribution in [-0.2, 0) is 0 Å². The van der Waals surface area contributed by atoms with Crippen molar-refractivity contribution < 1.29 is 5.11 Å². The molecule has 3 atom stereocenters. The molecule has 0 bridgehead atoms. The van der Waals surface area contributed by atoms with Gasteiger partial charge in [0.1, 0.15) is 0 Å². The normalized spacial score (nSPS) is 28.7. The zero-order chi connectivity index (χ0) is 10.6. The lowest BCUT2D eigenvalue weighted by atomic mass is 9.96. The van der Waals surface area contributed by atoms with Crippen molar-refractivity contribution >= 4 is 0 Å². The topological polar surface area (TPSA) is 35.5 Å². The number of hydrogen-bond donors (Lipinski definition) is 2. The van der Waals surface area contributed by atoms with Crippen molar-refractivity contribution in [2.75, 3.05) is 26.7 Å². The lowest BCUT2D eigenvalue weighted by Crippen LogP contribution is -2.47. The van der Waals surface area contributed by atoms with Crippen molar-refractivity contribution in [3.8, 4) is 0 Å². The van der Waals surface area contributed by atoms with Gasteiger partial charge in [0.15, 0.2) is 0 Å². The number of piperidine rings is 1. The highest BCUT2D eigenvalue weighted by atomic mass is 16.3. The summed E-state index contributed by atoms with van der Waals surface area (Å²) in [6.07, 6.45) is 2.37. The van der Waals surface area contributed by atoms with Gasteiger partial charge in [0.25, 0.3) is 0 Å². The largest absolute Gasteiger partial charge is 0.392 e. The minimum Gasteiger partial charge on any atom is -0.392 e. The van der Waals surface area contributed by atoms with Crippen LogP contribution in [0.5, 0.6) is 0 Å². The minimum absolute atomic E-state index is 0.219. The van der Waals surface area contributed by atoms with Crippen LogP contribution in [0.25, 0.3) is 0 Å². The van der Waals surface area contributed by atoms with E-state index in [0.717, 1.165) is 25.6 Å². The SMILES string of the molecule is CNCC1CCCN(C(C)C(C)O)C1. The monoisotopic (exact) mass is 200 g/mol. The number of nitrogens with zero attached hydrogens (tertiary/aromatic N) is 1. The van der Waals surface area contributed by atoms with Crippen LogP contribution in [0.15, 0.2) is 0 Å². The second-order valence-electron chi connectivity index (χ2n) is 4.54. The molecule has 3 nitrogen and oxygen atoms in total. The standard InChI is InChI=1S/C11H24N2O/c1-9(10(2)14)13-6-4-5-11(8-13)7-12-3/h9-12,14H,4-8H2,1-3H3. The molecule has 2 N–H and O–H groups in total. The maximum atomic E-state index is 9.53. The molecule has 1 aliphatic rings. The lowest BCUT2D eigenvalue weighted by Gasteiger charge is -2.37. The molecule has 1 heterocycles. The fourth-order valence-corrected chi connectivity index (χ4v) is 2.23. The second kappa shape index (κ2) is 5.69. The van der Waals surface area contributed by atoms with Crippen LogP contribution >= 0.6 is 0 Å². The molecule has 0 amide bonds. The summed E-state index contributed by atoms with van der Waals surface area (Å²) in [6.45, 7) is 7.38. The molecule has 1 fully saturated rings. The summed E-state index contributed by atoms with van der Waals surface area (Å²) in [7, 11) is 2.01. The van der Waals surface area contributed by atoms with E-state index < -0.39 is 0 Å². The molecule has 0 saturated carbocycles. The first-order valence-electron chi connectivity index (χ1n) is 5.72. The van der Waals surface area contributed by atoms with Gasteiger partial charge in [0, 0.05) is 12.6 Å². The van der Waals surface area contributed by atoms with E-state index in [1.54, 1.807) is 0 Å². The molecule has 0 spiro atoms. The predicted molar refractivity (Wildman–Crippen MR) is 59.4 cm³/mol. The summed E-state index contributed by atoms with van der Waals surface area (Å²) < 4.78 is 0. The van der Waals surface area contributed by atoms with E-state index in [0.29, 0.717) is 6.04 Å². The predicted octanol–water partition coefficient (Wildman–Crippen LogP) is 0.687. The Morgan fingerprint density at radius 2 is 2.21 bits per heavy atom. The van der Waals surface area contributed by atoms with Crippen molar-refractivity contribution in [2.45, 2.75) is 38.8 Å². The van der Waals surface area contributed by atoms with Gasteiger partial charge in [-0.25, -0.2) is 0 Å². The number of rotatable bonds is 4.